The molecule has 0 aromatic carbocycles. The molecule has 0 fully saturated rings. The first kappa shape index (κ1) is 18.3. The van der Waals surface area contributed by atoms with Crippen molar-refractivity contribution < 1.29 is 18.8 Å². The monoisotopic (exact) mass is 286 g/mol. The number of ether oxygens (including phenoxy) is 1. The molecule has 0 heterocycles. The lowest BCUT2D eigenvalue weighted by atomic mass is 10.0. The molecule has 0 aliphatic heterocycles. The fourth-order valence-corrected chi connectivity index (χ4v) is 2.92. The van der Waals surface area contributed by atoms with Crippen LogP contribution in [-0.2, 0) is 18.8 Å². The zero-order valence-electron chi connectivity index (χ0n) is 12.5. The average molecular weight is 286 g/mol. The third kappa shape index (κ3) is 9.79. The highest BCUT2D eigenvalue weighted by Crippen LogP contribution is 2.19. The summed E-state index contributed by atoms with van der Waals surface area (Å²) in [6, 6.07) is 0. The van der Waals surface area contributed by atoms with Gasteiger partial charge in [-0.15, -0.1) is 0 Å². The SMILES string of the molecule is COCC(=C=O)C(CCCCCC=O)O[Si](C)(C)C. The average Bonchev–Trinajstić information content (AvgIpc) is 2.33. The number of carbonyl (C=O) groups is 1. The van der Waals surface area contributed by atoms with Crippen molar-refractivity contribution in [2.75, 3.05) is 13.7 Å². The molecule has 0 spiro atoms. The van der Waals surface area contributed by atoms with E-state index in [1.807, 2.05) is 5.94 Å². The fraction of sp³-hybridized carbons (Fsp3) is 0.786. The van der Waals surface area contributed by atoms with Gasteiger partial charge >= 0.3 is 0 Å². The highest BCUT2D eigenvalue weighted by atomic mass is 28.4. The normalized spacial score (nSPS) is 12.8. The Bertz CT molecular complexity index is 303. The summed E-state index contributed by atoms with van der Waals surface area (Å²) in [6.07, 6.45) is 4.96. The van der Waals surface area contributed by atoms with Crippen LogP contribution in [0.1, 0.15) is 32.1 Å². The van der Waals surface area contributed by atoms with Crippen molar-refractivity contribution in [3.05, 3.63) is 5.57 Å². The molecule has 0 amide bonds. The number of methoxy groups -OCH3 is 1. The van der Waals surface area contributed by atoms with E-state index in [0.29, 0.717) is 12.0 Å². The second-order valence-electron chi connectivity index (χ2n) is 5.58. The Balaban J connectivity index is 4.41. The van der Waals surface area contributed by atoms with Gasteiger partial charge in [-0.1, -0.05) is 12.8 Å². The predicted molar refractivity (Wildman–Crippen MR) is 78.5 cm³/mol. The highest BCUT2D eigenvalue weighted by Gasteiger charge is 2.24. The summed E-state index contributed by atoms with van der Waals surface area (Å²) in [5, 5.41) is 0. The van der Waals surface area contributed by atoms with Crippen LogP contribution < -0.4 is 0 Å². The molecule has 0 bridgehead atoms. The van der Waals surface area contributed by atoms with Crippen molar-refractivity contribution in [1.82, 2.24) is 0 Å². The van der Waals surface area contributed by atoms with Gasteiger partial charge < -0.3 is 14.0 Å². The molecule has 0 aromatic rings. The van der Waals surface area contributed by atoms with E-state index in [2.05, 4.69) is 19.6 Å². The molecule has 4 nitrogen and oxygen atoms in total. The highest BCUT2D eigenvalue weighted by molar-refractivity contribution is 6.69. The molecule has 0 rings (SSSR count). The van der Waals surface area contributed by atoms with Gasteiger partial charge in [-0.3, -0.25) is 0 Å². The van der Waals surface area contributed by atoms with Crippen molar-refractivity contribution in [3.8, 4) is 0 Å². The minimum atomic E-state index is -1.72. The molecule has 0 aliphatic carbocycles. The fourth-order valence-electron chi connectivity index (χ4n) is 1.81. The van der Waals surface area contributed by atoms with Crippen LogP contribution in [0.3, 0.4) is 0 Å². The maximum Gasteiger partial charge on any atom is 0.184 e. The minimum absolute atomic E-state index is 0.194. The second-order valence-corrected chi connectivity index (χ2v) is 10.0. The first-order valence-corrected chi connectivity index (χ1v) is 10.2. The summed E-state index contributed by atoms with van der Waals surface area (Å²) in [5.41, 5.74) is 0.556. The molecule has 1 atom stereocenters. The van der Waals surface area contributed by atoms with Crippen LogP contribution >= 0.6 is 0 Å². The number of rotatable bonds is 11. The Kier molecular flexibility index (Phi) is 9.70. The third-order valence-corrected chi connectivity index (χ3v) is 3.60. The van der Waals surface area contributed by atoms with Gasteiger partial charge in [-0.05, 0) is 32.5 Å². The van der Waals surface area contributed by atoms with Crippen molar-refractivity contribution in [2.24, 2.45) is 0 Å². The van der Waals surface area contributed by atoms with Crippen molar-refractivity contribution in [1.29, 1.82) is 0 Å². The van der Waals surface area contributed by atoms with Gasteiger partial charge in [0.1, 0.15) is 12.2 Å². The molecular weight excluding hydrogens is 260 g/mol. The smallest absolute Gasteiger partial charge is 0.184 e. The lowest BCUT2D eigenvalue weighted by molar-refractivity contribution is -0.107. The molecule has 0 aliphatic rings. The molecule has 110 valence electrons. The second kappa shape index (κ2) is 10.1. The Morgan fingerprint density at radius 3 is 2.42 bits per heavy atom. The van der Waals surface area contributed by atoms with E-state index in [1.54, 1.807) is 7.11 Å². The molecule has 0 aromatic heterocycles. The first-order valence-electron chi connectivity index (χ1n) is 6.79. The van der Waals surface area contributed by atoms with Gasteiger partial charge in [0, 0.05) is 13.5 Å². The van der Waals surface area contributed by atoms with E-state index in [0.717, 1.165) is 32.0 Å². The molecule has 5 heteroatoms. The van der Waals surface area contributed by atoms with Gasteiger partial charge in [0.15, 0.2) is 8.32 Å². The number of hydrogen-bond donors (Lipinski definition) is 0. The molecule has 1 unspecified atom stereocenters. The van der Waals surface area contributed by atoms with Crippen LogP contribution in [0.4, 0.5) is 0 Å². The van der Waals surface area contributed by atoms with Gasteiger partial charge in [0.25, 0.3) is 0 Å². The number of hydrogen-bond acceptors (Lipinski definition) is 4. The minimum Gasteiger partial charge on any atom is -0.410 e. The largest absolute Gasteiger partial charge is 0.410 e. The molecule has 0 radical (unpaired) electrons. The summed E-state index contributed by atoms with van der Waals surface area (Å²) in [5.74, 6) is 1.96. The molecule has 0 saturated heterocycles. The Labute approximate surface area is 117 Å². The van der Waals surface area contributed by atoms with Gasteiger partial charge in [-0.2, -0.15) is 0 Å². The number of carbonyl (C=O) groups excluding carboxylic acids is 2. The van der Waals surface area contributed by atoms with Gasteiger partial charge in [0.05, 0.1) is 18.3 Å². The zero-order chi connectivity index (χ0) is 14.7. The van der Waals surface area contributed by atoms with Crippen LogP contribution in [-0.4, -0.2) is 40.4 Å². The maximum absolute atomic E-state index is 11.0. The van der Waals surface area contributed by atoms with E-state index >= 15 is 0 Å². The van der Waals surface area contributed by atoms with E-state index in [9.17, 15) is 9.59 Å². The quantitative estimate of drug-likeness (QED) is 0.254. The van der Waals surface area contributed by atoms with Crippen LogP contribution in [0.15, 0.2) is 5.57 Å². The summed E-state index contributed by atoms with van der Waals surface area (Å²) < 4.78 is 11.1. The molecular formula is C14H26O4Si. The summed E-state index contributed by atoms with van der Waals surface area (Å²) in [4.78, 5) is 21.2. The van der Waals surface area contributed by atoms with E-state index in [1.165, 1.54) is 0 Å². The van der Waals surface area contributed by atoms with Crippen LogP contribution in [0.25, 0.3) is 0 Å². The van der Waals surface area contributed by atoms with E-state index in [-0.39, 0.29) is 12.7 Å². The Morgan fingerprint density at radius 1 is 1.26 bits per heavy atom. The van der Waals surface area contributed by atoms with Crippen molar-refractivity contribution in [2.45, 2.75) is 57.8 Å². The third-order valence-electron chi connectivity index (χ3n) is 2.60. The van der Waals surface area contributed by atoms with Crippen molar-refractivity contribution in [3.63, 3.8) is 0 Å². The number of unbranched alkanes of at least 4 members (excludes halogenated alkanes) is 3. The van der Waals surface area contributed by atoms with Crippen LogP contribution in [0, 0.1) is 0 Å². The molecule has 0 saturated carbocycles. The topological polar surface area (TPSA) is 52.6 Å². The van der Waals surface area contributed by atoms with Gasteiger partial charge in [0.2, 0.25) is 0 Å². The lowest BCUT2D eigenvalue weighted by Gasteiger charge is -2.26. The summed E-state index contributed by atoms with van der Waals surface area (Å²) in [6.45, 7) is 6.57. The van der Waals surface area contributed by atoms with Crippen LogP contribution in [0.5, 0.6) is 0 Å². The lowest BCUT2D eigenvalue weighted by Crippen LogP contribution is -2.34. The van der Waals surface area contributed by atoms with Gasteiger partial charge in [-0.25, -0.2) is 4.79 Å². The standard InChI is InChI=1S/C14H26O4Si/c1-17-12-13(11-16)14(18-19(2,3)4)9-7-5-6-8-10-15/h10,14H,5-9,12H2,1-4H3. The molecule has 19 heavy (non-hydrogen) atoms. The Hall–Kier alpha value is -0.743. The molecule has 0 N–H and O–H groups in total. The Morgan fingerprint density at radius 2 is 1.95 bits per heavy atom. The maximum atomic E-state index is 11.0. The first-order chi connectivity index (χ1) is 8.94. The summed E-state index contributed by atoms with van der Waals surface area (Å²) in [7, 11) is -0.153. The zero-order valence-corrected chi connectivity index (χ0v) is 13.5. The predicted octanol–water partition coefficient (Wildman–Crippen LogP) is 2.76. The van der Waals surface area contributed by atoms with E-state index in [4.69, 9.17) is 9.16 Å². The van der Waals surface area contributed by atoms with Crippen LogP contribution in [0.2, 0.25) is 19.6 Å². The van der Waals surface area contributed by atoms with E-state index < -0.39 is 8.32 Å². The number of aldehydes is 1. The van der Waals surface area contributed by atoms with Crippen molar-refractivity contribution >= 4 is 20.5 Å². The summed E-state index contributed by atoms with van der Waals surface area (Å²) >= 11 is 0.